The maximum absolute atomic E-state index is 12.1. The molecule has 1 aromatic rings. The van der Waals surface area contributed by atoms with Crippen molar-refractivity contribution in [2.75, 3.05) is 0 Å². The van der Waals surface area contributed by atoms with E-state index >= 15 is 0 Å². The van der Waals surface area contributed by atoms with Crippen molar-refractivity contribution in [3.05, 3.63) is 23.7 Å². The molecule has 128 valence electrons. The first-order valence-corrected chi connectivity index (χ1v) is 9.08. The van der Waals surface area contributed by atoms with E-state index < -0.39 is 5.76 Å². The average Bonchev–Trinajstić information content (AvgIpc) is 2.95. The first kappa shape index (κ1) is 18.2. The Morgan fingerprint density at radius 2 is 2.26 bits per heavy atom. The largest absolute Gasteiger partial charge is 0.459 e. The van der Waals surface area contributed by atoms with Gasteiger partial charge in [-0.2, -0.15) is 13.9 Å². The van der Waals surface area contributed by atoms with Gasteiger partial charge in [-0.3, -0.25) is 5.43 Å². The fourth-order valence-corrected chi connectivity index (χ4v) is 3.22. The summed E-state index contributed by atoms with van der Waals surface area (Å²) < 4.78 is 29.6. The van der Waals surface area contributed by atoms with Gasteiger partial charge in [-0.25, -0.2) is 0 Å². The topological polar surface area (TPSA) is 49.6 Å². The number of hydrazone groups is 1. The van der Waals surface area contributed by atoms with Gasteiger partial charge >= 0.3 is 0 Å². The molecule has 0 bridgehead atoms. The van der Waals surface area contributed by atoms with Crippen molar-refractivity contribution < 1.29 is 13.2 Å². The third kappa shape index (κ3) is 6.47. The van der Waals surface area contributed by atoms with Crippen LogP contribution in [0.25, 0.3) is 0 Å². The van der Waals surface area contributed by atoms with Crippen LogP contribution in [0.2, 0.25) is 0 Å². The molecule has 23 heavy (non-hydrogen) atoms. The highest BCUT2D eigenvalue weighted by Gasteiger charge is 2.21. The molecule has 0 spiro atoms. The van der Waals surface area contributed by atoms with Gasteiger partial charge in [-0.15, -0.1) is 0 Å². The summed E-state index contributed by atoms with van der Waals surface area (Å²) >= 11 is 5.75. The third-order valence-electron chi connectivity index (χ3n) is 3.82. The highest BCUT2D eigenvalue weighted by atomic mass is 32.2. The highest BCUT2D eigenvalue weighted by molar-refractivity contribution is 7.98. The average molecular weight is 361 g/mol. The number of thioether (sulfide) groups is 1. The summed E-state index contributed by atoms with van der Waals surface area (Å²) in [5, 5.41) is 7.78. The van der Waals surface area contributed by atoms with Gasteiger partial charge < -0.3 is 9.73 Å². The Kier molecular flexibility index (Phi) is 7.29. The van der Waals surface area contributed by atoms with Crippen LogP contribution in [0.3, 0.4) is 0 Å². The summed E-state index contributed by atoms with van der Waals surface area (Å²) in [7, 11) is 0. The molecular formula is C15H21F2N3OS2. The normalized spacial score (nSPS) is 21.7. The fraction of sp³-hybridized carbons (Fsp3) is 0.600. The Balaban J connectivity index is 1.74. The summed E-state index contributed by atoms with van der Waals surface area (Å²) in [6.45, 7) is 2.23. The van der Waals surface area contributed by atoms with Crippen molar-refractivity contribution in [3.63, 3.8) is 0 Å². The van der Waals surface area contributed by atoms with Crippen LogP contribution in [0.15, 0.2) is 21.7 Å². The lowest BCUT2D eigenvalue weighted by Crippen LogP contribution is -2.44. The molecule has 2 rings (SSSR count). The molecule has 1 aliphatic rings. The molecule has 0 amide bonds. The number of alkyl halides is 2. The van der Waals surface area contributed by atoms with E-state index in [0.29, 0.717) is 40.4 Å². The molecule has 1 aromatic heterocycles. The van der Waals surface area contributed by atoms with Gasteiger partial charge in [0.25, 0.3) is 5.76 Å². The minimum Gasteiger partial charge on any atom is -0.459 e. The first-order valence-electron chi connectivity index (χ1n) is 7.62. The van der Waals surface area contributed by atoms with Crippen LogP contribution < -0.4 is 10.7 Å². The number of nitrogens with one attached hydrogen (secondary N) is 2. The molecule has 4 nitrogen and oxygen atoms in total. The first-order chi connectivity index (χ1) is 11.0. The SMILES string of the molecule is C[C@@H]1CCCC[C@@H]1NC(=S)N/N=C\c1ccc(CSC(F)F)o1. The number of rotatable bonds is 6. The summed E-state index contributed by atoms with van der Waals surface area (Å²) in [6.07, 6.45) is 6.32. The van der Waals surface area contributed by atoms with Gasteiger partial charge in [-0.1, -0.05) is 31.5 Å². The molecule has 2 atom stereocenters. The molecule has 1 fully saturated rings. The Morgan fingerprint density at radius 3 is 3.00 bits per heavy atom. The van der Waals surface area contributed by atoms with Gasteiger partial charge in [0.15, 0.2) is 5.11 Å². The molecule has 1 aliphatic carbocycles. The van der Waals surface area contributed by atoms with E-state index in [0.717, 1.165) is 6.42 Å². The van der Waals surface area contributed by atoms with Crippen LogP contribution in [0.5, 0.6) is 0 Å². The second kappa shape index (κ2) is 9.22. The van der Waals surface area contributed by atoms with Crippen LogP contribution >= 0.6 is 24.0 Å². The maximum Gasteiger partial charge on any atom is 0.284 e. The van der Waals surface area contributed by atoms with Crippen LogP contribution in [-0.2, 0) is 5.75 Å². The Morgan fingerprint density at radius 1 is 1.48 bits per heavy atom. The van der Waals surface area contributed by atoms with Crippen LogP contribution in [-0.4, -0.2) is 23.1 Å². The summed E-state index contributed by atoms with van der Waals surface area (Å²) in [6, 6.07) is 3.74. The Labute approximate surface area is 144 Å². The quantitative estimate of drug-likeness (QED) is 0.454. The van der Waals surface area contributed by atoms with Gasteiger partial charge in [0.1, 0.15) is 11.5 Å². The van der Waals surface area contributed by atoms with E-state index in [1.807, 2.05) is 0 Å². The standard InChI is InChI=1S/C15H21F2N3OS2/c1-10-4-2-3-5-13(10)19-15(22)20-18-8-11-6-7-12(21-11)9-23-14(16)17/h6-8,10,13-14H,2-5,9H2,1H3,(H2,19,20,22)/b18-8-/t10-,13+/m1/s1. The van der Waals surface area contributed by atoms with E-state index in [1.54, 1.807) is 12.1 Å². The minimum atomic E-state index is -2.40. The van der Waals surface area contributed by atoms with E-state index in [9.17, 15) is 8.78 Å². The Hall–Kier alpha value is -1.15. The van der Waals surface area contributed by atoms with Gasteiger partial charge in [0.05, 0.1) is 12.0 Å². The summed E-state index contributed by atoms with van der Waals surface area (Å²) in [5.41, 5.74) is 2.76. The van der Waals surface area contributed by atoms with Gasteiger partial charge in [-0.05, 0) is 43.1 Å². The number of hydrogen-bond donors (Lipinski definition) is 2. The second-order valence-corrected chi connectivity index (χ2v) is 6.97. The zero-order valence-corrected chi connectivity index (χ0v) is 14.6. The van der Waals surface area contributed by atoms with E-state index in [-0.39, 0.29) is 5.75 Å². The van der Waals surface area contributed by atoms with E-state index in [2.05, 4.69) is 22.8 Å². The number of thiocarbonyl (C=S) groups is 1. The lowest BCUT2D eigenvalue weighted by atomic mass is 9.86. The number of nitrogens with zero attached hydrogens (tertiary/aromatic N) is 1. The second-order valence-electron chi connectivity index (χ2n) is 5.59. The van der Waals surface area contributed by atoms with Crippen molar-refractivity contribution in [1.29, 1.82) is 0 Å². The predicted molar refractivity (Wildman–Crippen MR) is 93.9 cm³/mol. The molecule has 0 aliphatic heterocycles. The minimum absolute atomic E-state index is 0.137. The van der Waals surface area contributed by atoms with Crippen molar-refractivity contribution in [3.8, 4) is 0 Å². The van der Waals surface area contributed by atoms with E-state index in [1.165, 1.54) is 25.5 Å². The lowest BCUT2D eigenvalue weighted by Gasteiger charge is -2.30. The molecule has 0 saturated heterocycles. The zero-order chi connectivity index (χ0) is 16.7. The molecule has 1 saturated carbocycles. The van der Waals surface area contributed by atoms with Crippen molar-refractivity contribution in [1.82, 2.24) is 10.7 Å². The molecule has 8 heteroatoms. The Bertz CT molecular complexity index is 537. The van der Waals surface area contributed by atoms with Crippen LogP contribution in [0.1, 0.15) is 44.1 Å². The monoisotopic (exact) mass is 361 g/mol. The van der Waals surface area contributed by atoms with E-state index in [4.69, 9.17) is 16.6 Å². The molecule has 0 unspecified atom stereocenters. The fourth-order valence-electron chi connectivity index (χ4n) is 2.57. The lowest BCUT2D eigenvalue weighted by molar-refractivity contribution is 0.251. The number of halogens is 2. The van der Waals surface area contributed by atoms with Gasteiger partial charge in [0, 0.05) is 6.04 Å². The predicted octanol–water partition coefficient (Wildman–Crippen LogP) is 4.11. The molecule has 1 heterocycles. The van der Waals surface area contributed by atoms with Crippen molar-refractivity contribution >= 4 is 35.3 Å². The molecule has 0 radical (unpaired) electrons. The van der Waals surface area contributed by atoms with Gasteiger partial charge in [0.2, 0.25) is 0 Å². The third-order valence-corrected chi connectivity index (χ3v) is 4.73. The smallest absolute Gasteiger partial charge is 0.284 e. The molecule has 0 aromatic carbocycles. The summed E-state index contributed by atoms with van der Waals surface area (Å²) in [5.74, 6) is -0.667. The summed E-state index contributed by atoms with van der Waals surface area (Å²) in [4.78, 5) is 0. The van der Waals surface area contributed by atoms with Crippen LogP contribution in [0, 0.1) is 5.92 Å². The highest BCUT2D eigenvalue weighted by Crippen LogP contribution is 2.23. The molecule has 2 N–H and O–H groups in total. The van der Waals surface area contributed by atoms with Crippen molar-refractivity contribution in [2.24, 2.45) is 11.0 Å². The van der Waals surface area contributed by atoms with Crippen molar-refractivity contribution in [2.45, 2.75) is 50.2 Å². The van der Waals surface area contributed by atoms with Crippen LogP contribution in [0.4, 0.5) is 8.78 Å². The maximum atomic E-state index is 12.1. The molecular weight excluding hydrogens is 340 g/mol. The number of furan rings is 1. The number of hydrogen-bond acceptors (Lipinski definition) is 4. The zero-order valence-electron chi connectivity index (χ0n) is 12.9.